The molecule has 1 aliphatic rings. The van der Waals surface area contributed by atoms with Crippen molar-refractivity contribution >= 4 is 6.09 Å². The zero-order valence-electron chi connectivity index (χ0n) is 19.2. The van der Waals surface area contributed by atoms with Gasteiger partial charge in [-0.05, 0) is 63.6 Å². The summed E-state index contributed by atoms with van der Waals surface area (Å²) in [5.74, 6) is -1.03. The number of amides is 1. The Labute approximate surface area is 194 Å². The van der Waals surface area contributed by atoms with Crippen LogP contribution >= 0.6 is 0 Å². The number of fused-ring (bicyclic) bond motifs is 1. The Morgan fingerprint density at radius 3 is 2.38 bits per heavy atom. The lowest BCUT2D eigenvalue weighted by Crippen LogP contribution is -2.47. The predicted octanol–water partition coefficient (Wildman–Crippen LogP) is 5.91. The summed E-state index contributed by atoms with van der Waals surface area (Å²) in [4.78, 5) is 18.4. The van der Waals surface area contributed by atoms with E-state index in [2.05, 4.69) is 10.1 Å². The molecule has 0 N–H and O–H groups in total. The number of hydrogen-bond acceptors (Lipinski definition) is 4. The second kappa shape index (κ2) is 8.41. The molecule has 3 heterocycles. The fourth-order valence-electron chi connectivity index (χ4n) is 3.93. The number of hydrogen-bond donors (Lipinski definition) is 0. The third-order valence-corrected chi connectivity index (χ3v) is 5.50. The molecule has 0 saturated heterocycles. The summed E-state index contributed by atoms with van der Waals surface area (Å²) < 4.78 is 61.4. The van der Waals surface area contributed by atoms with E-state index in [4.69, 9.17) is 4.74 Å². The first-order valence-electron chi connectivity index (χ1n) is 10.7. The quantitative estimate of drug-likeness (QED) is 0.432. The molecule has 1 aromatic carbocycles. The molecular formula is C24H24F4N4O2. The van der Waals surface area contributed by atoms with E-state index in [-0.39, 0.29) is 23.8 Å². The van der Waals surface area contributed by atoms with Crippen LogP contribution in [0.3, 0.4) is 0 Å². The summed E-state index contributed by atoms with van der Waals surface area (Å²) in [5, 5.41) is 4.57. The van der Waals surface area contributed by atoms with Crippen molar-refractivity contribution in [2.45, 2.75) is 58.6 Å². The highest BCUT2D eigenvalue weighted by molar-refractivity contribution is 5.83. The van der Waals surface area contributed by atoms with Gasteiger partial charge in [-0.3, -0.25) is 14.6 Å². The van der Waals surface area contributed by atoms with Crippen molar-refractivity contribution in [3.8, 4) is 22.4 Å². The average Bonchev–Trinajstić information content (AvgIpc) is 3.09. The molecule has 3 aromatic rings. The van der Waals surface area contributed by atoms with E-state index in [1.54, 1.807) is 54.9 Å². The minimum atomic E-state index is -4.66. The first kappa shape index (κ1) is 23.7. The molecule has 2 aromatic heterocycles. The molecule has 1 amide bonds. The normalized spacial score (nSPS) is 16.4. The van der Waals surface area contributed by atoms with Gasteiger partial charge in [-0.25, -0.2) is 9.18 Å². The highest BCUT2D eigenvalue weighted by Gasteiger charge is 2.36. The Morgan fingerprint density at radius 2 is 1.79 bits per heavy atom. The Balaban J connectivity index is 1.84. The molecule has 1 unspecified atom stereocenters. The van der Waals surface area contributed by atoms with Crippen LogP contribution in [-0.2, 0) is 24.0 Å². The molecule has 180 valence electrons. The van der Waals surface area contributed by atoms with Gasteiger partial charge in [0.25, 0.3) is 0 Å². The van der Waals surface area contributed by atoms with Crippen molar-refractivity contribution in [1.82, 2.24) is 19.7 Å². The van der Waals surface area contributed by atoms with Gasteiger partial charge in [-0.15, -0.1) is 0 Å². The SMILES string of the molecule is CC1Cn2nc(-c3ccc(C(F)(F)F)cc3F)c(-c3ccncc3)c2CN1C(=O)OC(C)(C)C. The number of rotatable bonds is 2. The number of halogens is 4. The lowest BCUT2D eigenvalue weighted by molar-refractivity contribution is -0.137. The number of aromatic nitrogens is 3. The van der Waals surface area contributed by atoms with Crippen LogP contribution in [-0.4, -0.2) is 37.4 Å². The van der Waals surface area contributed by atoms with Gasteiger partial charge in [-0.2, -0.15) is 18.3 Å². The van der Waals surface area contributed by atoms with Gasteiger partial charge in [0.15, 0.2) is 0 Å². The van der Waals surface area contributed by atoms with Crippen LogP contribution in [0.25, 0.3) is 22.4 Å². The van der Waals surface area contributed by atoms with Crippen molar-refractivity contribution in [2.75, 3.05) is 0 Å². The van der Waals surface area contributed by atoms with Crippen LogP contribution in [0.1, 0.15) is 39.0 Å². The first-order valence-corrected chi connectivity index (χ1v) is 10.7. The molecule has 0 saturated carbocycles. The Morgan fingerprint density at radius 1 is 1.12 bits per heavy atom. The van der Waals surface area contributed by atoms with Gasteiger partial charge in [0.2, 0.25) is 0 Å². The fraction of sp³-hybridized carbons (Fsp3) is 0.375. The van der Waals surface area contributed by atoms with Crippen LogP contribution < -0.4 is 0 Å². The third-order valence-electron chi connectivity index (χ3n) is 5.50. The molecule has 0 radical (unpaired) electrons. The summed E-state index contributed by atoms with van der Waals surface area (Å²) in [5.41, 5.74) is 0.198. The first-order chi connectivity index (χ1) is 15.8. The van der Waals surface area contributed by atoms with Crippen LogP contribution in [0.15, 0.2) is 42.7 Å². The van der Waals surface area contributed by atoms with Crippen LogP contribution in [0.5, 0.6) is 0 Å². The van der Waals surface area contributed by atoms with Crippen LogP contribution in [0, 0.1) is 5.82 Å². The minimum absolute atomic E-state index is 0.0572. The number of benzene rings is 1. The highest BCUT2D eigenvalue weighted by Crippen LogP contribution is 2.40. The van der Waals surface area contributed by atoms with Gasteiger partial charge < -0.3 is 4.74 Å². The number of carbonyl (C=O) groups is 1. The summed E-state index contributed by atoms with van der Waals surface area (Å²) >= 11 is 0. The summed E-state index contributed by atoms with van der Waals surface area (Å²) in [6, 6.07) is 5.55. The van der Waals surface area contributed by atoms with Gasteiger partial charge in [-0.1, -0.05) is 0 Å². The van der Waals surface area contributed by atoms with E-state index >= 15 is 0 Å². The molecule has 1 aliphatic heterocycles. The molecule has 6 nitrogen and oxygen atoms in total. The zero-order valence-corrected chi connectivity index (χ0v) is 19.2. The molecule has 0 spiro atoms. The maximum Gasteiger partial charge on any atom is 0.416 e. The van der Waals surface area contributed by atoms with Gasteiger partial charge in [0.1, 0.15) is 17.1 Å². The molecule has 0 aliphatic carbocycles. The molecule has 0 bridgehead atoms. The lowest BCUT2D eigenvalue weighted by atomic mass is 9.97. The van der Waals surface area contributed by atoms with Crippen molar-refractivity contribution in [3.05, 3.63) is 59.8 Å². The topological polar surface area (TPSA) is 60.2 Å². The summed E-state index contributed by atoms with van der Waals surface area (Å²) in [6.07, 6.45) is -2.04. The van der Waals surface area contributed by atoms with E-state index in [0.29, 0.717) is 29.4 Å². The zero-order chi connectivity index (χ0) is 24.8. The second-order valence-corrected chi connectivity index (χ2v) is 9.24. The molecule has 34 heavy (non-hydrogen) atoms. The fourth-order valence-corrected chi connectivity index (χ4v) is 3.93. The number of alkyl halides is 3. The van der Waals surface area contributed by atoms with E-state index < -0.39 is 29.3 Å². The maximum atomic E-state index is 14.9. The van der Waals surface area contributed by atoms with Crippen LogP contribution in [0.4, 0.5) is 22.4 Å². The van der Waals surface area contributed by atoms with Crippen molar-refractivity contribution in [2.24, 2.45) is 0 Å². The molecule has 0 fully saturated rings. The molecule has 10 heteroatoms. The smallest absolute Gasteiger partial charge is 0.416 e. The summed E-state index contributed by atoms with van der Waals surface area (Å²) in [6.45, 7) is 7.63. The number of pyridine rings is 1. The van der Waals surface area contributed by atoms with Crippen LogP contribution in [0.2, 0.25) is 0 Å². The average molecular weight is 476 g/mol. The number of carbonyl (C=O) groups excluding carboxylic acids is 1. The van der Waals surface area contributed by atoms with Crippen molar-refractivity contribution < 1.29 is 27.1 Å². The van der Waals surface area contributed by atoms with Gasteiger partial charge in [0.05, 0.1) is 30.4 Å². The molecular weight excluding hydrogens is 452 g/mol. The maximum absolute atomic E-state index is 14.9. The van der Waals surface area contributed by atoms with E-state index in [1.165, 1.54) is 0 Å². The Bertz CT molecular complexity index is 1220. The van der Waals surface area contributed by atoms with E-state index in [0.717, 1.165) is 12.1 Å². The minimum Gasteiger partial charge on any atom is -0.444 e. The largest absolute Gasteiger partial charge is 0.444 e. The predicted molar refractivity (Wildman–Crippen MR) is 117 cm³/mol. The lowest BCUT2D eigenvalue weighted by Gasteiger charge is -2.35. The van der Waals surface area contributed by atoms with Crippen molar-refractivity contribution in [3.63, 3.8) is 0 Å². The summed E-state index contributed by atoms with van der Waals surface area (Å²) in [7, 11) is 0. The molecule has 1 atom stereocenters. The van der Waals surface area contributed by atoms with E-state index in [9.17, 15) is 22.4 Å². The van der Waals surface area contributed by atoms with Gasteiger partial charge in [0, 0.05) is 23.5 Å². The monoisotopic (exact) mass is 476 g/mol. The standard InChI is InChI=1S/C24H24F4N4O2/c1-14-12-32-19(13-31(14)22(33)34-23(2,3)4)20(15-7-9-29-10-8-15)21(30-32)17-6-5-16(11-18(17)25)24(26,27)28/h5-11,14H,12-13H2,1-4H3. The van der Waals surface area contributed by atoms with E-state index in [1.807, 2.05) is 6.92 Å². The molecule has 4 rings (SSSR count). The second-order valence-electron chi connectivity index (χ2n) is 9.24. The third kappa shape index (κ3) is 4.62. The number of ether oxygens (including phenoxy) is 1. The van der Waals surface area contributed by atoms with Crippen molar-refractivity contribution in [1.29, 1.82) is 0 Å². The Kier molecular flexibility index (Phi) is 5.87. The highest BCUT2D eigenvalue weighted by atomic mass is 19.4. The van der Waals surface area contributed by atoms with Gasteiger partial charge >= 0.3 is 12.3 Å². The number of nitrogens with zero attached hydrogens (tertiary/aromatic N) is 4. The Hall–Kier alpha value is -3.43.